The topological polar surface area (TPSA) is 66.5 Å². The Morgan fingerprint density at radius 1 is 1.03 bits per heavy atom. The maximum absolute atomic E-state index is 14.8. The first-order valence-corrected chi connectivity index (χ1v) is 13.5. The number of fused-ring (bicyclic) bond motifs is 3. The summed E-state index contributed by atoms with van der Waals surface area (Å²) < 4.78 is 135. The van der Waals surface area contributed by atoms with Crippen LogP contribution in [0.5, 0.6) is 0 Å². The van der Waals surface area contributed by atoms with Gasteiger partial charge < -0.3 is 5.32 Å². The Morgan fingerprint density at radius 2 is 1.64 bits per heavy atom. The van der Waals surface area contributed by atoms with Crippen LogP contribution in [-0.2, 0) is 31.5 Å². The van der Waals surface area contributed by atoms with Crippen molar-refractivity contribution in [2.75, 3.05) is 19.6 Å². The van der Waals surface area contributed by atoms with E-state index in [2.05, 4.69) is 5.32 Å². The smallest absolute Gasteiger partial charge is 0.355 e. The Morgan fingerprint density at radius 3 is 2.21 bits per heavy atom. The number of alkyl halides is 7. The molecule has 0 spiro atoms. The van der Waals surface area contributed by atoms with Crippen molar-refractivity contribution < 1.29 is 48.3 Å². The molecule has 2 aromatic carbocycles. The van der Waals surface area contributed by atoms with E-state index in [-0.39, 0.29) is 48.4 Å². The summed E-state index contributed by atoms with van der Waals surface area (Å²) in [7, 11) is -4.45. The van der Waals surface area contributed by atoms with Gasteiger partial charge in [-0.2, -0.15) is 26.3 Å². The number of likely N-dealkylation sites (tertiary alicyclic amines) is 1. The quantitative estimate of drug-likeness (QED) is 0.386. The van der Waals surface area contributed by atoms with Gasteiger partial charge in [-0.05, 0) is 61.6 Å². The van der Waals surface area contributed by atoms with Crippen molar-refractivity contribution in [1.82, 2.24) is 10.2 Å². The molecule has 1 aliphatic heterocycles. The highest BCUT2D eigenvalue weighted by Gasteiger charge is 2.73. The molecule has 1 heterocycles. The molecule has 39 heavy (non-hydrogen) atoms. The number of hydrogen-bond acceptors (Lipinski definition) is 4. The standard InChI is InChI=1S/C25H24F8N2O3S/c1-2-34-21(36)14-35-12-11-22(39(37,38)18-7-5-17(26)6-8-18)19-9-4-16(13-15(19)3-10-20(22)35)23(27,24(28,29)30)25(31,32)33/h4-9,13,20H,2-3,10-12,14H2,1H3,(H,34,36)/t20-,22-/m1/s1. The van der Waals surface area contributed by atoms with Gasteiger partial charge in [-0.15, -0.1) is 0 Å². The predicted octanol–water partition coefficient (Wildman–Crippen LogP) is 4.94. The van der Waals surface area contributed by atoms with Gasteiger partial charge in [0.25, 0.3) is 0 Å². The number of hydrogen-bond donors (Lipinski definition) is 1. The average Bonchev–Trinajstić information content (AvgIpc) is 3.22. The second kappa shape index (κ2) is 9.72. The van der Waals surface area contributed by atoms with Crippen molar-refractivity contribution in [3.63, 3.8) is 0 Å². The third-order valence-electron chi connectivity index (χ3n) is 7.50. The van der Waals surface area contributed by atoms with Crippen LogP contribution in [-0.4, -0.2) is 57.3 Å². The summed E-state index contributed by atoms with van der Waals surface area (Å²) >= 11 is 0. The van der Waals surface area contributed by atoms with Gasteiger partial charge in [-0.3, -0.25) is 9.69 Å². The number of likely N-dealkylation sites (N-methyl/N-ethyl adjacent to an activating group) is 1. The van der Waals surface area contributed by atoms with Crippen molar-refractivity contribution in [3.8, 4) is 0 Å². The SMILES string of the molecule is CCNC(=O)CN1CC[C@@]2(S(=O)(=O)c3ccc(F)cc3)c3ccc(C(F)(C(F)(F)F)C(F)(F)F)cc3CC[C@@H]12. The van der Waals surface area contributed by atoms with Crippen LogP contribution in [0.3, 0.4) is 0 Å². The third kappa shape index (κ3) is 4.48. The molecule has 2 atom stereocenters. The molecule has 2 aliphatic rings. The minimum absolute atomic E-state index is 0.0480. The van der Waals surface area contributed by atoms with Gasteiger partial charge in [0.2, 0.25) is 5.91 Å². The minimum Gasteiger partial charge on any atom is -0.355 e. The van der Waals surface area contributed by atoms with Crippen molar-refractivity contribution in [3.05, 3.63) is 65.0 Å². The van der Waals surface area contributed by atoms with Gasteiger partial charge in [-0.1, -0.05) is 18.2 Å². The average molecular weight is 585 g/mol. The molecule has 0 radical (unpaired) electrons. The molecule has 1 aliphatic carbocycles. The molecule has 214 valence electrons. The van der Waals surface area contributed by atoms with E-state index in [0.717, 1.165) is 30.3 Å². The van der Waals surface area contributed by atoms with E-state index in [9.17, 15) is 48.3 Å². The zero-order valence-electron chi connectivity index (χ0n) is 20.5. The number of sulfone groups is 1. The first-order valence-electron chi connectivity index (χ1n) is 12.0. The van der Waals surface area contributed by atoms with E-state index in [0.29, 0.717) is 18.7 Å². The molecule has 1 N–H and O–H groups in total. The van der Waals surface area contributed by atoms with Gasteiger partial charge in [-0.25, -0.2) is 17.2 Å². The molecule has 1 saturated heterocycles. The van der Waals surface area contributed by atoms with Gasteiger partial charge in [0.1, 0.15) is 10.6 Å². The van der Waals surface area contributed by atoms with Crippen LogP contribution >= 0.6 is 0 Å². The Balaban J connectivity index is 1.91. The normalized spacial score (nSPS) is 22.3. The number of carbonyl (C=O) groups excluding carboxylic acids is 1. The van der Waals surface area contributed by atoms with Crippen molar-refractivity contribution in [2.45, 2.75) is 59.9 Å². The lowest BCUT2D eigenvalue weighted by atomic mass is 9.77. The predicted molar refractivity (Wildman–Crippen MR) is 124 cm³/mol. The number of amides is 1. The number of rotatable bonds is 6. The molecule has 1 amide bonds. The molecular weight excluding hydrogens is 560 g/mol. The monoisotopic (exact) mass is 584 g/mol. The van der Waals surface area contributed by atoms with E-state index in [4.69, 9.17) is 0 Å². The van der Waals surface area contributed by atoms with Gasteiger partial charge in [0, 0.05) is 24.7 Å². The number of benzene rings is 2. The van der Waals surface area contributed by atoms with Gasteiger partial charge >= 0.3 is 18.0 Å². The summed E-state index contributed by atoms with van der Waals surface area (Å²) in [4.78, 5) is 13.6. The van der Waals surface area contributed by atoms with E-state index < -0.39 is 55.9 Å². The molecule has 0 unspecified atom stereocenters. The zero-order chi connectivity index (χ0) is 29.0. The minimum atomic E-state index is -6.33. The largest absolute Gasteiger partial charge is 0.435 e. The molecule has 0 aromatic heterocycles. The fraction of sp³-hybridized carbons (Fsp3) is 0.480. The molecule has 4 rings (SSSR count). The second-order valence-electron chi connectivity index (χ2n) is 9.60. The van der Waals surface area contributed by atoms with Crippen LogP contribution in [0, 0.1) is 5.82 Å². The highest BCUT2D eigenvalue weighted by Crippen LogP contribution is 2.56. The Bertz CT molecular complexity index is 1340. The first-order chi connectivity index (χ1) is 18.0. The maximum Gasteiger partial charge on any atom is 0.435 e. The molecule has 2 aromatic rings. The highest BCUT2D eigenvalue weighted by molar-refractivity contribution is 7.92. The summed E-state index contributed by atoms with van der Waals surface area (Å²) in [6, 6.07) is 4.54. The van der Waals surface area contributed by atoms with Gasteiger partial charge in [0.15, 0.2) is 9.84 Å². The fourth-order valence-corrected chi connectivity index (χ4v) is 8.16. The van der Waals surface area contributed by atoms with Crippen LogP contribution in [0.4, 0.5) is 35.1 Å². The molecule has 5 nitrogen and oxygen atoms in total. The summed E-state index contributed by atoms with van der Waals surface area (Å²) in [5.41, 5.74) is -7.62. The Labute approximate surface area is 219 Å². The summed E-state index contributed by atoms with van der Waals surface area (Å²) in [5, 5.41) is 2.60. The molecule has 14 heteroatoms. The van der Waals surface area contributed by atoms with Gasteiger partial charge in [0.05, 0.1) is 11.4 Å². The fourth-order valence-electron chi connectivity index (χ4n) is 5.77. The highest BCUT2D eigenvalue weighted by atomic mass is 32.2. The number of halogens is 8. The van der Waals surface area contributed by atoms with E-state index in [1.165, 1.54) is 0 Å². The first kappa shape index (κ1) is 29.2. The third-order valence-corrected chi connectivity index (χ3v) is 10.0. The molecule has 0 saturated carbocycles. The summed E-state index contributed by atoms with van der Waals surface area (Å²) in [6.45, 7) is 1.88. The molecular formula is C25H24F8N2O3S. The number of carbonyl (C=O) groups is 1. The molecule has 0 bridgehead atoms. The summed E-state index contributed by atoms with van der Waals surface area (Å²) in [5.74, 6) is -1.12. The Kier molecular flexibility index (Phi) is 7.29. The number of aryl methyl sites for hydroxylation is 1. The zero-order valence-corrected chi connectivity index (χ0v) is 21.3. The lowest BCUT2D eigenvalue weighted by Gasteiger charge is -2.43. The van der Waals surface area contributed by atoms with Crippen molar-refractivity contribution in [2.24, 2.45) is 0 Å². The van der Waals surface area contributed by atoms with Crippen molar-refractivity contribution >= 4 is 15.7 Å². The maximum atomic E-state index is 14.8. The second-order valence-corrected chi connectivity index (χ2v) is 11.8. The number of nitrogens with zero attached hydrogens (tertiary/aromatic N) is 1. The van der Waals surface area contributed by atoms with Crippen LogP contribution in [0.25, 0.3) is 0 Å². The van der Waals surface area contributed by atoms with Crippen molar-refractivity contribution in [1.29, 1.82) is 0 Å². The lowest BCUT2D eigenvalue weighted by molar-refractivity contribution is -0.348. The van der Waals surface area contributed by atoms with Crippen LogP contribution in [0.2, 0.25) is 0 Å². The lowest BCUT2D eigenvalue weighted by Crippen LogP contribution is -2.53. The Hall–Kier alpha value is -2.74. The van der Waals surface area contributed by atoms with Crippen LogP contribution in [0.15, 0.2) is 47.4 Å². The van der Waals surface area contributed by atoms with Crippen LogP contribution < -0.4 is 5.32 Å². The number of nitrogens with one attached hydrogen (secondary N) is 1. The summed E-state index contributed by atoms with van der Waals surface area (Å²) in [6.07, 6.45) is -13.0. The molecule has 1 fully saturated rings. The van der Waals surface area contributed by atoms with Crippen LogP contribution in [0.1, 0.15) is 36.5 Å². The van der Waals surface area contributed by atoms with E-state index in [1.54, 1.807) is 11.8 Å². The van der Waals surface area contributed by atoms with E-state index in [1.807, 2.05) is 0 Å². The van der Waals surface area contributed by atoms with E-state index >= 15 is 0 Å².